The second-order valence-corrected chi connectivity index (χ2v) is 9.27. The van der Waals surface area contributed by atoms with Crippen LogP contribution in [0, 0.1) is 0 Å². The first-order valence-electron chi connectivity index (χ1n) is 11.2. The van der Waals surface area contributed by atoms with Gasteiger partial charge in [-0.1, -0.05) is 11.6 Å². The van der Waals surface area contributed by atoms with Crippen LogP contribution in [0.15, 0.2) is 6.20 Å². The number of ether oxygens (including phenoxy) is 2. The topological polar surface area (TPSA) is 157 Å². The number of unbranched alkanes of at least 4 members (excludes halogenated alkanes) is 1. The average molecular weight is 485 g/mol. The van der Waals surface area contributed by atoms with E-state index in [1.54, 1.807) is 6.20 Å². The van der Waals surface area contributed by atoms with Gasteiger partial charge < -0.3 is 30.5 Å². The van der Waals surface area contributed by atoms with E-state index in [-0.39, 0.29) is 43.6 Å². The molecule has 0 radical (unpaired) electrons. The summed E-state index contributed by atoms with van der Waals surface area (Å²) < 4.78 is 12.4. The van der Waals surface area contributed by atoms with Crippen LogP contribution in [0.1, 0.15) is 37.8 Å². The Morgan fingerprint density at radius 2 is 2.06 bits per heavy atom. The highest BCUT2D eigenvalue weighted by Gasteiger charge is 2.42. The molecule has 4 N–H and O–H groups in total. The molecular weight excluding hydrogens is 452 g/mol. The lowest BCUT2D eigenvalue weighted by atomic mass is 10.0. The van der Waals surface area contributed by atoms with Crippen LogP contribution in [0.4, 0.5) is 4.79 Å². The second kappa shape index (κ2) is 13.4. The van der Waals surface area contributed by atoms with Gasteiger partial charge in [-0.25, -0.2) is 4.79 Å². The number of rotatable bonds is 16. The zero-order valence-corrected chi connectivity index (χ0v) is 19.3. The Balaban J connectivity index is 1.11. The number of nitrogens with one attached hydrogen (secondary N) is 3. The summed E-state index contributed by atoms with van der Waals surface area (Å²) >= 11 is 1.89. The summed E-state index contributed by atoms with van der Waals surface area (Å²) in [5, 5.41) is 25.6. The molecule has 0 spiro atoms. The van der Waals surface area contributed by atoms with E-state index >= 15 is 0 Å². The summed E-state index contributed by atoms with van der Waals surface area (Å²) in [6, 6.07) is 0.394. The number of amides is 3. The number of aryl methyl sites for hydroxylation is 1. The van der Waals surface area contributed by atoms with Crippen LogP contribution in [0.5, 0.6) is 0 Å². The molecule has 0 bridgehead atoms. The van der Waals surface area contributed by atoms with Gasteiger partial charge in [0, 0.05) is 24.0 Å². The van der Waals surface area contributed by atoms with Crippen molar-refractivity contribution in [2.24, 2.45) is 0 Å². The lowest BCUT2D eigenvalue weighted by molar-refractivity contribution is -0.137. The van der Waals surface area contributed by atoms with Gasteiger partial charge in [0.25, 0.3) is 0 Å². The van der Waals surface area contributed by atoms with Crippen molar-refractivity contribution in [1.29, 1.82) is 0 Å². The molecule has 12 nitrogen and oxygen atoms in total. The molecule has 2 aliphatic heterocycles. The van der Waals surface area contributed by atoms with Crippen LogP contribution in [0.3, 0.4) is 0 Å². The number of nitrogens with zero attached hydrogens (tertiary/aromatic N) is 3. The van der Waals surface area contributed by atoms with Crippen LogP contribution in [-0.4, -0.2) is 87.5 Å². The number of hydrogen-bond donors (Lipinski definition) is 4. The minimum absolute atomic E-state index is 0.00668. The van der Waals surface area contributed by atoms with Crippen LogP contribution in [0.25, 0.3) is 0 Å². The number of carbonyl (C=O) groups is 3. The average Bonchev–Trinajstić information content (AvgIpc) is 3.48. The van der Waals surface area contributed by atoms with E-state index in [1.807, 2.05) is 11.8 Å². The smallest absolute Gasteiger partial charge is 0.315 e. The SMILES string of the molecule is O=C(O)CCn1cc(COCCOCCNC(=O)CCCC[C@@H]2SC[C@@H]3NC(=O)N[C@@H]32)nn1. The number of thioether (sulfide) groups is 1. The molecule has 0 aromatic carbocycles. The van der Waals surface area contributed by atoms with Crippen molar-refractivity contribution in [3.63, 3.8) is 0 Å². The van der Waals surface area contributed by atoms with Crippen LogP contribution >= 0.6 is 11.8 Å². The zero-order valence-electron chi connectivity index (χ0n) is 18.5. The predicted molar refractivity (Wildman–Crippen MR) is 120 cm³/mol. The summed E-state index contributed by atoms with van der Waals surface area (Å²) in [5.41, 5.74) is 0.628. The maximum absolute atomic E-state index is 11.9. The summed E-state index contributed by atoms with van der Waals surface area (Å²) in [6.45, 7) is 2.19. The first-order valence-corrected chi connectivity index (χ1v) is 12.3. The molecule has 0 unspecified atom stereocenters. The molecule has 3 rings (SSSR count). The minimum Gasteiger partial charge on any atom is -0.481 e. The molecule has 1 aromatic rings. The Morgan fingerprint density at radius 3 is 2.91 bits per heavy atom. The Hall–Kier alpha value is -2.38. The lowest BCUT2D eigenvalue weighted by Gasteiger charge is -2.16. The van der Waals surface area contributed by atoms with Gasteiger partial charge in [-0.3, -0.25) is 14.3 Å². The number of fused-ring (bicyclic) bond motifs is 1. The van der Waals surface area contributed by atoms with Crippen molar-refractivity contribution in [3.05, 3.63) is 11.9 Å². The van der Waals surface area contributed by atoms with E-state index < -0.39 is 5.97 Å². The highest BCUT2D eigenvalue weighted by atomic mass is 32.2. The van der Waals surface area contributed by atoms with Gasteiger partial charge in [-0.05, 0) is 12.8 Å². The molecule has 1 aromatic heterocycles. The van der Waals surface area contributed by atoms with Crippen LogP contribution < -0.4 is 16.0 Å². The van der Waals surface area contributed by atoms with E-state index in [0.29, 0.717) is 43.7 Å². The Morgan fingerprint density at radius 1 is 1.21 bits per heavy atom. The predicted octanol–water partition coefficient (Wildman–Crippen LogP) is 0.128. The van der Waals surface area contributed by atoms with Gasteiger partial charge in [0.05, 0.1) is 57.7 Å². The summed E-state index contributed by atoms with van der Waals surface area (Å²) in [5.74, 6) is 0.0940. The van der Waals surface area contributed by atoms with Gasteiger partial charge in [0.1, 0.15) is 5.69 Å². The Bertz CT molecular complexity index is 793. The van der Waals surface area contributed by atoms with Gasteiger partial charge in [-0.15, -0.1) is 5.10 Å². The van der Waals surface area contributed by atoms with Crippen molar-refractivity contribution < 1.29 is 29.0 Å². The fourth-order valence-electron chi connectivity index (χ4n) is 3.75. The zero-order chi connectivity index (χ0) is 23.5. The van der Waals surface area contributed by atoms with Gasteiger partial charge in [0.15, 0.2) is 0 Å². The first-order chi connectivity index (χ1) is 16.0. The van der Waals surface area contributed by atoms with E-state index in [9.17, 15) is 14.4 Å². The van der Waals surface area contributed by atoms with Crippen molar-refractivity contribution in [1.82, 2.24) is 30.9 Å². The highest BCUT2D eigenvalue weighted by molar-refractivity contribution is 8.00. The number of aromatic nitrogens is 3. The van der Waals surface area contributed by atoms with E-state index in [0.717, 1.165) is 25.0 Å². The maximum atomic E-state index is 11.9. The minimum atomic E-state index is -0.882. The molecule has 13 heteroatoms. The second-order valence-electron chi connectivity index (χ2n) is 8.00. The molecule has 2 aliphatic rings. The fourth-order valence-corrected chi connectivity index (χ4v) is 5.29. The molecule has 184 valence electrons. The van der Waals surface area contributed by atoms with E-state index in [4.69, 9.17) is 14.6 Å². The van der Waals surface area contributed by atoms with Crippen molar-refractivity contribution in [2.45, 2.75) is 62.6 Å². The van der Waals surface area contributed by atoms with Crippen molar-refractivity contribution in [2.75, 3.05) is 32.1 Å². The fraction of sp³-hybridized carbons (Fsp3) is 0.750. The summed E-state index contributed by atoms with van der Waals surface area (Å²) in [6.07, 6.45) is 4.94. The molecular formula is C20H32N6O6S. The third kappa shape index (κ3) is 8.82. The highest BCUT2D eigenvalue weighted by Crippen LogP contribution is 2.33. The monoisotopic (exact) mass is 484 g/mol. The maximum Gasteiger partial charge on any atom is 0.315 e. The van der Waals surface area contributed by atoms with Gasteiger partial charge in [-0.2, -0.15) is 11.8 Å². The third-order valence-corrected chi connectivity index (χ3v) is 6.92. The normalized spacial score (nSPS) is 21.5. The van der Waals surface area contributed by atoms with Gasteiger partial charge >= 0.3 is 12.0 Å². The van der Waals surface area contributed by atoms with E-state index in [1.165, 1.54) is 4.68 Å². The largest absolute Gasteiger partial charge is 0.481 e. The Kier molecular flexibility index (Phi) is 10.2. The number of urea groups is 1. The molecule has 33 heavy (non-hydrogen) atoms. The van der Waals surface area contributed by atoms with Gasteiger partial charge in [0.2, 0.25) is 5.91 Å². The third-order valence-electron chi connectivity index (χ3n) is 5.41. The van der Waals surface area contributed by atoms with Crippen LogP contribution in [0.2, 0.25) is 0 Å². The lowest BCUT2D eigenvalue weighted by Crippen LogP contribution is -2.36. The molecule has 3 heterocycles. The number of carboxylic acid groups (broad SMARTS) is 1. The Labute approximate surface area is 196 Å². The molecule has 3 amide bonds. The molecule has 3 atom stereocenters. The quantitative estimate of drug-likeness (QED) is 0.189. The number of hydrogen-bond acceptors (Lipinski definition) is 8. The van der Waals surface area contributed by atoms with Crippen LogP contribution in [-0.2, 0) is 32.2 Å². The molecule has 0 aliphatic carbocycles. The molecule has 0 saturated carbocycles. The standard InChI is InChI=1S/C20H32N6O6S/c27-17(4-2-1-3-16-19-15(13-33-16)22-20(30)23-19)21-6-8-31-9-10-32-12-14-11-26(25-24-14)7-5-18(28)29/h11,15-16,19H,1-10,12-13H2,(H,21,27)(H,28,29)(H2,22,23,30)/t15-,16-,19-/m0/s1. The van der Waals surface area contributed by atoms with E-state index in [2.05, 4.69) is 26.3 Å². The first kappa shape index (κ1) is 25.2. The molecule has 2 fully saturated rings. The van der Waals surface area contributed by atoms with Crippen molar-refractivity contribution in [3.8, 4) is 0 Å². The number of carbonyl (C=O) groups excluding carboxylic acids is 2. The summed E-state index contributed by atoms with van der Waals surface area (Å²) in [7, 11) is 0. The number of aliphatic carboxylic acids is 1. The number of carboxylic acids is 1. The van der Waals surface area contributed by atoms with Crippen molar-refractivity contribution >= 4 is 29.7 Å². The molecule has 2 saturated heterocycles. The summed E-state index contributed by atoms with van der Waals surface area (Å²) in [4.78, 5) is 33.9.